The Morgan fingerprint density at radius 3 is 2.81 bits per heavy atom. The molecule has 0 saturated carbocycles. The number of rotatable bonds is 5. The fraction of sp³-hybridized carbons (Fsp3) is 0.286. The van der Waals surface area contributed by atoms with Gasteiger partial charge in [0, 0.05) is 30.1 Å². The van der Waals surface area contributed by atoms with E-state index in [1.165, 1.54) is 12.8 Å². The van der Waals surface area contributed by atoms with E-state index in [0.29, 0.717) is 0 Å². The normalized spacial score (nSPS) is 14.0. The van der Waals surface area contributed by atoms with Crippen molar-refractivity contribution < 1.29 is 13.9 Å². The maximum absolute atomic E-state index is 12.6. The highest BCUT2D eigenvalue weighted by molar-refractivity contribution is 5.97. The molecular weight excluding hydrogens is 328 g/mol. The van der Waals surface area contributed by atoms with Gasteiger partial charge in [-0.1, -0.05) is 12.1 Å². The summed E-state index contributed by atoms with van der Waals surface area (Å²) >= 11 is 0. The van der Waals surface area contributed by atoms with Crippen molar-refractivity contribution >= 4 is 28.3 Å². The summed E-state index contributed by atoms with van der Waals surface area (Å²) < 4.78 is 10.8. The standard InChI is InChI=1S/C21H22N2O3/c1-25-16-8-9-17-15(14-26-20(17)13-16)12-21(24)22-18-6-2-3-7-19(18)23-10-4-5-11-23/h2-3,6-9,13-14H,4-5,10-12H2,1H3,(H,22,24). The summed E-state index contributed by atoms with van der Waals surface area (Å²) in [4.78, 5) is 14.9. The van der Waals surface area contributed by atoms with Crippen molar-refractivity contribution in [1.29, 1.82) is 0 Å². The summed E-state index contributed by atoms with van der Waals surface area (Å²) in [6, 6.07) is 13.6. The van der Waals surface area contributed by atoms with E-state index in [2.05, 4.69) is 16.3 Å². The fourth-order valence-corrected chi connectivity index (χ4v) is 3.51. The van der Waals surface area contributed by atoms with E-state index in [9.17, 15) is 4.79 Å². The molecule has 0 unspecified atom stereocenters. The van der Waals surface area contributed by atoms with Crippen LogP contribution >= 0.6 is 0 Å². The Kier molecular flexibility index (Phi) is 4.52. The number of nitrogens with one attached hydrogen (secondary N) is 1. The van der Waals surface area contributed by atoms with Crippen LogP contribution in [-0.2, 0) is 11.2 Å². The number of hydrogen-bond donors (Lipinski definition) is 1. The molecule has 0 bridgehead atoms. The Morgan fingerprint density at radius 2 is 2.00 bits per heavy atom. The molecule has 134 valence electrons. The van der Waals surface area contributed by atoms with E-state index < -0.39 is 0 Å². The molecule has 1 aromatic heterocycles. The van der Waals surface area contributed by atoms with Gasteiger partial charge in [0.2, 0.25) is 5.91 Å². The second-order valence-electron chi connectivity index (χ2n) is 6.56. The number of methoxy groups -OCH3 is 1. The number of ether oxygens (including phenoxy) is 1. The molecule has 0 spiro atoms. The van der Waals surface area contributed by atoms with Crippen molar-refractivity contribution in [3.05, 3.63) is 54.3 Å². The lowest BCUT2D eigenvalue weighted by Gasteiger charge is -2.21. The molecule has 0 radical (unpaired) electrons. The van der Waals surface area contributed by atoms with E-state index in [-0.39, 0.29) is 12.3 Å². The zero-order valence-electron chi connectivity index (χ0n) is 14.8. The van der Waals surface area contributed by atoms with Gasteiger partial charge in [-0.15, -0.1) is 0 Å². The van der Waals surface area contributed by atoms with E-state index >= 15 is 0 Å². The smallest absolute Gasteiger partial charge is 0.228 e. The number of benzene rings is 2. The highest BCUT2D eigenvalue weighted by Crippen LogP contribution is 2.29. The first-order chi connectivity index (χ1) is 12.7. The van der Waals surface area contributed by atoms with Gasteiger partial charge in [0.15, 0.2) is 0 Å². The third-order valence-corrected chi connectivity index (χ3v) is 4.84. The zero-order valence-corrected chi connectivity index (χ0v) is 14.8. The number of carbonyl (C=O) groups is 1. The molecule has 0 atom stereocenters. The van der Waals surface area contributed by atoms with Gasteiger partial charge in [-0.3, -0.25) is 4.79 Å². The van der Waals surface area contributed by atoms with Gasteiger partial charge in [0.25, 0.3) is 0 Å². The lowest BCUT2D eigenvalue weighted by Crippen LogP contribution is -2.21. The van der Waals surface area contributed by atoms with Gasteiger partial charge in [-0.25, -0.2) is 0 Å². The Hall–Kier alpha value is -2.95. The largest absolute Gasteiger partial charge is 0.497 e. The molecule has 2 aromatic carbocycles. The van der Waals surface area contributed by atoms with E-state index in [4.69, 9.17) is 9.15 Å². The third-order valence-electron chi connectivity index (χ3n) is 4.84. The topological polar surface area (TPSA) is 54.7 Å². The predicted octanol–water partition coefficient (Wildman–Crippen LogP) is 4.22. The van der Waals surface area contributed by atoms with Crippen molar-refractivity contribution in [2.24, 2.45) is 0 Å². The molecule has 1 fully saturated rings. The molecule has 26 heavy (non-hydrogen) atoms. The van der Waals surface area contributed by atoms with Crippen LogP contribution in [0.2, 0.25) is 0 Å². The van der Waals surface area contributed by atoms with Crippen LogP contribution in [0.3, 0.4) is 0 Å². The van der Waals surface area contributed by atoms with Crippen LogP contribution in [0, 0.1) is 0 Å². The van der Waals surface area contributed by atoms with Gasteiger partial charge in [0.1, 0.15) is 11.3 Å². The summed E-state index contributed by atoms with van der Waals surface area (Å²) in [6.07, 6.45) is 4.32. The number of anilines is 2. The molecule has 5 heteroatoms. The minimum absolute atomic E-state index is 0.0461. The van der Waals surface area contributed by atoms with E-state index in [0.717, 1.165) is 46.7 Å². The van der Waals surface area contributed by atoms with Crippen molar-refractivity contribution in [2.45, 2.75) is 19.3 Å². The van der Waals surface area contributed by atoms with Gasteiger partial charge in [-0.2, -0.15) is 0 Å². The van der Waals surface area contributed by atoms with Crippen LogP contribution in [0.5, 0.6) is 5.75 Å². The van der Waals surface area contributed by atoms with E-state index in [1.807, 2.05) is 36.4 Å². The van der Waals surface area contributed by atoms with Crippen LogP contribution in [0.4, 0.5) is 11.4 Å². The summed E-state index contributed by atoms with van der Waals surface area (Å²) in [7, 11) is 1.62. The summed E-state index contributed by atoms with van der Waals surface area (Å²) in [6.45, 7) is 2.09. The first-order valence-corrected chi connectivity index (χ1v) is 8.92. The minimum atomic E-state index is -0.0461. The maximum atomic E-state index is 12.6. The van der Waals surface area contributed by atoms with Crippen LogP contribution in [-0.4, -0.2) is 26.1 Å². The lowest BCUT2D eigenvalue weighted by molar-refractivity contribution is -0.115. The first-order valence-electron chi connectivity index (χ1n) is 8.92. The molecule has 5 nitrogen and oxygen atoms in total. The zero-order chi connectivity index (χ0) is 17.9. The molecule has 1 amide bonds. The molecule has 4 rings (SSSR count). The Morgan fingerprint density at radius 1 is 1.19 bits per heavy atom. The molecular formula is C21H22N2O3. The highest BCUT2D eigenvalue weighted by Gasteiger charge is 2.17. The number of amides is 1. The summed E-state index contributed by atoms with van der Waals surface area (Å²) in [5, 5.41) is 4.00. The Bertz CT molecular complexity index is 926. The Labute approximate surface area is 152 Å². The van der Waals surface area contributed by atoms with Crippen molar-refractivity contribution in [3.8, 4) is 5.75 Å². The molecule has 2 heterocycles. The third kappa shape index (κ3) is 3.25. The van der Waals surface area contributed by atoms with Crippen molar-refractivity contribution in [1.82, 2.24) is 0 Å². The van der Waals surface area contributed by atoms with E-state index in [1.54, 1.807) is 13.4 Å². The molecule has 3 aromatic rings. The predicted molar refractivity (Wildman–Crippen MR) is 103 cm³/mol. The molecule has 0 aliphatic carbocycles. The maximum Gasteiger partial charge on any atom is 0.228 e. The second-order valence-corrected chi connectivity index (χ2v) is 6.56. The molecule has 1 N–H and O–H groups in total. The number of para-hydroxylation sites is 2. The van der Waals surface area contributed by atoms with Gasteiger partial charge < -0.3 is 19.4 Å². The highest BCUT2D eigenvalue weighted by atomic mass is 16.5. The SMILES string of the molecule is COc1ccc2c(CC(=O)Nc3ccccc3N3CCCC3)coc2c1. The van der Waals surface area contributed by atoms with Crippen LogP contribution < -0.4 is 15.0 Å². The van der Waals surface area contributed by atoms with Crippen molar-refractivity contribution in [3.63, 3.8) is 0 Å². The average Bonchev–Trinajstić information content (AvgIpc) is 3.32. The number of fused-ring (bicyclic) bond motifs is 1. The van der Waals surface area contributed by atoms with Crippen LogP contribution in [0.15, 0.2) is 53.1 Å². The molecule has 1 aliphatic heterocycles. The molecule has 1 saturated heterocycles. The lowest BCUT2D eigenvalue weighted by atomic mass is 10.1. The van der Waals surface area contributed by atoms with Gasteiger partial charge >= 0.3 is 0 Å². The number of carbonyl (C=O) groups excluding carboxylic acids is 1. The summed E-state index contributed by atoms with van der Waals surface area (Å²) in [5.74, 6) is 0.692. The second kappa shape index (κ2) is 7.12. The van der Waals surface area contributed by atoms with Crippen LogP contribution in [0.25, 0.3) is 11.0 Å². The molecule has 1 aliphatic rings. The monoisotopic (exact) mass is 350 g/mol. The average molecular weight is 350 g/mol. The first kappa shape index (κ1) is 16.5. The van der Waals surface area contributed by atoms with Crippen LogP contribution in [0.1, 0.15) is 18.4 Å². The van der Waals surface area contributed by atoms with Gasteiger partial charge in [0.05, 0.1) is 31.2 Å². The Balaban J connectivity index is 1.51. The fourth-order valence-electron chi connectivity index (χ4n) is 3.51. The number of nitrogens with zero attached hydrogens (tertiary/aromatic N) is 1. The minimum Gasteiger partial charge on any atom is -0.497 e. The summed E-state index contributed by atoms with van der Waals surface area (Å²) in [5.41, 5.74) is 3.57. The number of furan rings is 1. The van der Waals surface area contributed by atoms with Gasteiger partial charge in [-0.05, 0) is 37.1 Å². The van der Waals surface area contributed by atoms with Crippen molar-refractivity contribution in [2.75, 3.05) is 30.4 Å². The quantitative estimate of drug-likeness (QED) is 0.748. The number of hydrogen-bond acceptors (Lipinski definition) is 4.